The normalized spacial score (nSPS) is 26.5. The summed E-state index contributed by atoms with van der Waals surface area (Å²) in [5, 5.41) is 12.0. The lowest BCUT2D eigenvalue weighted by Gasteiger charge is -2.17. The largest absolute Gasteiger partial charge is 0.396 e. The second-order valence-corrected chi connectivity index (χ2v) is 3.87. The van der Waals surface area contributed by atoms with Crippen LogP contribution < -0.4 is 5.32 Å². The van der Waals surface area contributed by atoms with Crippen molar-refractivity contribution in [1.82, 2.24) is 5.32 Å². The molecule has 0 saturated heterocycles. The fourth-order valence-corrected chi connectivity index (χ4v) is 1.93. The molecule has 3 heteroatoms. The van der Waals surface area contributed by atoms with Crippen LogP contribution in [0.15, 0.2) is 24.3 Å². The molecule has 15 heavy (non-hydrogen) atoms. The molecular formula is C12H19NO2. The highest BCUT2D eigenvalue weighted by atomic mass is 16.3. The van der Waals surface area contributed by atoms with Crippen LogP contribution in [-0.2, 0) is 4.79 Å². The van der Waals surface area contributed by atoms with Gasteiger partial charge in [0.15, 0.2) is 0 Å². The van der Waals surface area contributed by atoms with Gasteiger partial charge in [-0.1, -0.05) is 24.6 Å². The Morgan fingerprint density at radius 3 is 2.93 bits per heavy atom. The smallest absolute Gasteiger partial charge is 0.244 e. The van der Waals surface area contributed by atoms with E-state index in [2.05, 4.69) is 5.32 Å². The number of rotatable bonds is 4. The average molecular weight is 209 g/mol. The second-order valence-electron chi connectivity index (χ2n) is 3.87. The molecule has 3 nitrogen and oxygen atoms in total. The molecular weight excluding hydrogens is 190 g/mol. The Bertz CT molecular complexity index is 258. The van der Waals surface area contributed by atoms with Crippen molar-refractivity contribution in [2.75, 3.05) is 6.61 Å². The number of nitrogens with one attached hydrogen (secondary N) is 1. The standard InChI is InChI=1S/C12H19NO2/c1-2-3-4-8-12(15)13-11-7-5-6-10(11)9-14/h2-4,8,10-11,14H,5-7,9H2,1H3,(H,13,15). The maximum absolute atomic E-state index is 11.4. The Morgan fingerprint density at radius 2 is 2.27 bits per heavy atom. The minimum atomic E-state index is -0.0709. The van der Waals surface area contributed by atoms with Gasteiger partial charge in [-0.15, -0.1) is 0 Å². The first kappa shape index (κ1) is 12.0. The average Bonchev–Trinajstić information content (AvgIpc) is 2.65. The lowest BCUT2D eigenvalue weighted by molar-refractivity contribution is -0.117. The summed E-state index contributed by atoms with van der Waals surface area (Å²) in [5.41, 5.74) is 0. The van der Waals surface area contributed by atoms with Crippen molar-refractivity contribution in [3.05, 3.63) is 24.3 Å². The Hall–Kier alpha value is -1.09. The number of aliphatic hydroxyl groups excluding tert-OH is 1. The van der Waals surface area contributed by atoms with E-state index in [-0.39, 0.29) is 24.5 Å². The molecule has 1 saturated carbocycles. The predicted molar refractivity (Wildman–Crippen MR) is 60.3 cm³/mol. The van der Waals surface area contributed by atoms with E-state index in [1.165, 1.54) is 6.08 Å². The minimum Gasteiger partial charge on any atom is -0.396 e. The van der Waals surface area contributed by atoms with Gasteiger partial charge in [-0.05, 0) is 19.8 Å². The fourth-order valence-electron chi connectivity index (χ4n) is 1.93. The van der Waals surface area contributed by atoms with Crippen LogP contribution in [0.25, 0.3) is 0 Å². The van der Waals surface area contributed by atoms with Gasteiger partial charge in [0.1, 0.15) is 0 Å². The molecule has 0 aliphatic heterocycles. The van der Waals surface area contributed by atoms with E-state index in [1.54, 1.807) is 6.08 Å². The molecule has 2 N–H and O–H groups in total. The van der Waals surface area contributed by atoms with E-state index < -0.39 is 0 Å². The highest BCUT2D eigenvalue weighted by Crippen LogP contribution is 2.24. The van der Waals surface area contributed by atoms with Gasteiger partial charge in [-0.3, -0.25) is 4.79 Å². The molecule has 84 valence electrons. The van der Waals surface area contributed by atoms with E-state index >= 15 is 0 Å². The number of hydrogen-bond acceptors (Lipinski definition) is 2. The van der Waals surface area contributed by atoms with Gasteiger partial charge < -0.3 is 10.4 Å². The van der Waals surface area contributed by atoms with Gasteiger partial charge in [-0.25, -0.2) is 0 Å². The summed E-state index contributed by atoms with van der Waals surface area (Å²) in [6.07, 6.45) is 10.0. The molecule has 1 aliphatic carbocycles. The molecule has 0 aromatic heterocycles. The first-order valence-electron chi connectivity index (χ1n) is 5.48. The third kappa shape index (κ3) is 3.88. The summed E-state index contributed by atoms with van der Waals surface area (Å²) in [5.74, 6) is 0.169. The van der Waals surface area contributed by atoms with Crippen LogP contribution in [0.1, 0.15) is 26.2 Å². The number of hydrogen-bond donors (Lipinski definition) is 2. The zero-order valence-electron chi connectivity index (χ0n) is 9.15. The Morgan fingerprint density at radius 1 is 1.47 bits per heavy atom. The predicted octanol–water partition coefficient (Wildman–Crippen LogP) is 1.40. The first-order valence-corrected chi connectivity index (χ1v) is 5.48. The molecule has 2 unspecified atom stereocenters. The third-order valence-electron chi connectivity index (χ3n) is 2.77. The van der Waals surface area contributed by atoms with Gasteiger partial charge >= 0.3 is 0 Å². The van der Waals surface area contributed by atoms with Crippen LogP contribution in [0.4, 0.5) is 0 Å². The van der Waals surface area contributed by atoms with Gasteiger partial charge in [0.2, 0.25) is 5.91 Å². The molecule has 0 radical (unpaired) electrons. The van der Waals surface area contributed by atoms with Crippen molar-refractivity contribution >= 4 is 5.91 Å². The molecule has 1 amide bonds. The number of carbonyl (C=O) groups is 1. The van der Waals surface area contributed by atoms with Crippen molar-refractivity contribution in [3.63, 3.8) is 0 Å². The number of aliphatic hydroxyl groups is 1. The number of amides is 1. The van der Waals surface area contributed by atoms with E-state index in [0.717, 1.165) is 19.3 Å². The molecule has 1 rings (SSSR count). The Kier molecular flexibility index (Phi) is 5.12. The maximum Gasteiger partial charge on any atom is 0.244 e. The van der Waals surface area contributed by atoms with Crippen LogP contribution in [0, 0.1) is 5.92 Å². The van der Waals surface area contributed by atoms with Gasteiger partial charge in [0.05, 0.1) is 0 Å². The molecule has 2 atom stereocenters. The maximum atomic E-state index is 11.4. The molecule has 0 aromatic rings. The number of carbonyl (C=O) groups excluding carboxylic acids is 1. The first-order chi connectivity index (χ1) is 7.27. The quantitative estimate of drug-likeness (QED) is 0.543. The second kappa shape index (κ2) is 6.40. The van der Waals surface area contributed by atoms with Gasteiger partial charge in [-0.2, -0.15) is 0 Å². The van der Waals surface area contributed by atoms with E-state index in [1.807, 2.05) is 19.1 Å². The molecule has 0 aromatic carbocycles. The highest BCUT2D eigenvalue weighted by molar-refractivity contribution is 5.88. The summed E-state index contributed by atoms with van der Waals surface area (Å²) in [4.78, 5) is 11.4. The van der Waals surface area contributed by atoms with Crippen LogP contribution in [-0.4, -0.2) is 23.7 Å². The van der Waals surface area contributed by atoms with E-state index in [9.17, 15) is 4.79 Å². The zero-order valence-corrected chi connectivity index (χ0v) is 9.15. The topological polar surface area (TPSA) is 49.3 Å². The van der Waals surface area contributed by atoms with E-state index in [4.69, 9.17) is 5.11 Å². The van der Waals surface area contributed by atoms with Crippen molar-refractivity contribution in [2.45, 2.75) is 32.2 Å². The fraction of sp³-hybridized carbons (Fsp3) is 0.583. The van der Waals surface area contributed by atoms with Crippen molar-refractivity contribution in [3.8, 4) is 0 Å². The lowest BCUT2D eigenvalue weighted by Crippen LogP contribution is -2.37. The molecule has 1 aliphatic rings. The van der Waals surface area contributed by atoms with Crippen LogP contribution in [0.2, 0.25) is 0 Å². The molecule has 0 spiro atoms. The summed E-state index contributed by atoms with van der Waals surface area (Å²) in [7, 11) is 0. The summed E-state index contributed by atoms with van der Waals surface area (Å²) >= 11 is 0. The van der Waals surface area contributed by atoms with Crippen molar-refractivity contribution in [2.24, 2.45) is 5.92 Å². The van der Waals surface area contributed by atoms with Crippen molar-refractivity contribution < 1.29 is 9.90 Å². The minimum absolute atomic E-state index is 0.0709. The Labute approximate surface area is 90.9 Å². The lowest BCUT2D eigenvalue weighted by atomic mass is 10.1. The van der Waals surface area contributed by atoms with Crippen LogP contribution in [0.3, 0.4) is 0 Å². The third-order valence-corrected chi connectivity index (χ3v) is 2.77. The number of allylic oxidation sites excluding steroid dienone is 3. The highest BCUT2D eigenvalue weighted by Gasteiger charge is 2.27. The van der Waals surface area contributed by atoms with Gasteiger partial charge in [0.25, 0.3) is 0 Å². The Balaban J connectivity index is 2.37. The van der Waals surface area contributed by atoms with Crippen molar-refractivity contribution in [1.29, 1.82) is 0 Å². The monoisotopic (exact) mass is 209 g/mol. The molecule has 1 fully saturated rings. The summed E-state index contributed by atoms with van der Waals surface area (Å²) < 4.78 is 0. The summed E-state index contributed by atoms with van der Waals surface area (Å²) in [6, 6.07) is 0.151. The molecule has 0 heterocycles. The van der Waals surface area contributed by atoms with Crippen LogP contribution in [0.5, 0.6) is 0 Å². The SMILES string of the molecule is CC=CC=CC(=O)NC1CCCC1CO. The summed E-state index contributed by atoms with van der Waals surface area (Å²) in [6.45, 7) is 2.07. The van der Waals surface area contributed by atoms with E-state index in [0.29, 0.717) is 0 Å². The molecule has 0 bridgehead atoms. The van der Waals surface area contributed by atoms with Crippen LogP contribution >= 0.6 is 0 Å². The zero-order chi connectivity index (χ0) is 11.1. The van der Waals surface area contributed by atoms with Gasteiger partial charge in [0, 0.05) is 24.6 Å².